The molecule has 2 N–H and O–H groups in total. The summed E-state index contributed by atoms with van der Waals surface area (Å²) in [6, 6.07) is 2.23. The third kappa shape index (κ3) is 3.25. The van der Waals surface area contributed by atoms with Crippen molar-refractivity contribution in [2.24, 2.45) is 0 Å². The maximum atomic E-state index is 13.3. The lowest BCUT2D eigenvalue weighted by molar-refractivity contribution is 0.368. The molecular weight excluding hydrogens is 267 g/mol. The number of hydrogen-bond donors (Lipinski definition) is 1. The molecule has 0 saturated heterocycles. The van der Waals surface area contributed by atoms with E-state index < -0.39 is 15.8 Å². The number of benzene rings is 1. The van der Waals surface area contributed by atoms with Crippen LogP contribution in [0.3, 0.4) is 0 Å². The van der Waals surface area contributed by atoms with Crippen molar-refractivity contribution >= 4 is 15.7 Å². The number of sulfonamides is 1. The van der Waals surface area contributed by atoms with Crippen LogP contribution < -0.4 is 5.73 Å². The zero-order chi connectivity index (χ0) is 14.8. The Labute approximate surface area is 114 Å². The molecule has 108 valence electrons. The van der Waals surface area contributed by atoms with Gasteiger partial charge in [-0.1, -0.05) is 13.3 Å². The Kier molecular flexibility index (Phi) is 4.92. The van der Waals surface area contributed by atoms with E-state index in [1.807, 2.05) is 13.8 Å². The summed E-state index contributed by atoms with van der Waals surface area (Å²) in [4.78, 5) is 0.0665. The first-order valence-electron chi connectivity index (χ1n) is 6.25. The normalized spacial score (nSPS) is 13.8. The maximum Gasteiger partial charge on any atom is 0.243 e. The second-order valence-electron chi connectivity index (χ2n) is 4.80. The molecule has 1 aromatic carbocycles. The molecular formula is C13H21FN2O2S. The van der Waals surface area contributed by atoms with Gasteiger partial charge < -0.3 is 5.73 Å². The maximum absolute atomic E-state index is 13.3. The second kappa shape index (κ2) is 5.88. The van der Waals surface area contributed by atoms with E-state index in [-0.39, 0.29) is 16.6 Å². The molecule has 0 bridgehead atoms. The summed E-state index contributed by atoms with van der Waals surface area (Å²) in [6.07, 6.45) is 1.66. The number of nitrogens with two attached hydrogens (primary N) is 1. The Morgan fingerprint density at radius 3 is 2.53 bits per heavy atom. The monoisotopic (exact) mass is 288 g/mol. The van der Waals surface area contributed by atoms with Crippen LogP contribution in [0.2, 0.25) is 0 Å². The average Bonchev–Trinajstić information content (AvgIpc) is 2.32. The van der Waals surface area contributed by atoms with Crippen LogP contribution in [0.25, 0.3) is 0 Å². The molecule has 0 aromatic heterocycles. The molecule has 1 unspecified atom stereocenters. The van der Waals surface area contributed by atoms with Crippen molar-refractivity contribution in [1.82, 2.24) is 4.31 Å². The highest BCUT2D eigenvalue weighted by atomic mass is 32.2. The smallest absolute Gasteiger partial charge is 0.243 e. The van der Waals surface area contributed by atoms with Crippen molar-refractivity contribution in [2.75, 3.05) is 12.8 Å². The summed E-state index contributed by atoms with van der Waals surface area (Å²) in [7, 11) is -2.11. The molecule has 19 heavy (non-hydrogen) atoms. The molecule has 1 aromatic rings. The summed E-state index contributed by atoms with van der Waals surface area (Å²) >= 11 is 0. The molecule has 0 amide bonds. The van der Waals surface area contributed by atoms with Crippen molar-refractivity contribution in [1.29, 1.82) is 0 Å². The van der Waals surface area contributed by atoms with Gasteiger partial charge in [0.25, 0.3) is 0 Å². The van der Waals surface area contributed by atoms with E-state index in [0.717, 1.165) is 18.9 Å². The predicted molar refractivity (Wildman–Crippen MR) is 74.9 cm³/mol. The molecule has 1 rings (SSSR count). The third-order valence-electron chi connectivity index (χ3n) is 3.28. The quantitative estimate of drug-likeness (QED) is 0.847. The Balaban J connectivity index is 3.24. The van der Waals surface area contributed by atoms with Gasteiger partial charge >= 0.3 is 0 Å². The van der Waals surface area contributed by atoms with Crippen molar-refractivity contribution < 1.29 is 12.8 Å². The number of halogens is 1. The standard InChI is InChI=1S/C13H21FN2O2S/c1-5-6-10(3)16(4)19(17,18)13-8-12(15)11(14)7-9(13)2/h7-8,10H,5-6,15H2,1-4H3. The zero-order valence-electron chi connectivity index (χ0n) is 11.8. The summed E-state index contributed by atoms with van der Waals surface area (Å²) in [5.74, 6) is -0.597. The molecule has 0 aliphatic carbocycles. The Morgan fingerprint density at radius 1 is 1.42 bits per heavy atom. The highest BCUT2D eigenvalue weighted by molar-refractivity contribution is 7.89. The van der Waals surface area contributed by atoms with E-state index in [1.54, 1.807) is 6.92 Å². The average molecular weight is 288 g/mol. The highest BCUT2D eigenvalue weighted by Crippen LogP contribution is 2.25. The van der Waals surface area contributed by atoms with E-state index >= 15 is 0 Å². The summed E-state index contributed by atoms with van der Waals surface area (Å²) in [5.41, 5.74) is 5.67. The fourth-order valence-electron chi connectivity index (χ4n) is 1.94. The van der Waals surface area contributed by atoms with Crippen LogP contribution in [-0.4, -0.2) is 25.8 Å². The molecule has 0 saturated carbocycles. The van der Waals surface area contributed by atoms with Crippen molar-refractivity contribution in [3.63, 3.8) is 0 Å². The molecule has 6 heteroatoms. The van der Waals surface area contributed by atoms with Crippen molar-refractivity contribution in [3.05, 3.63) is 23.5 Å². The Hall–Kier alpha value is -1.14. The molecule has 1 atom stereocenters. The van der Waals surface area contributed by atoms with Gasteiger partial charge in [-0.15, -0.1) is 0 Å². The first-order chi connectivity index (χ1) is 8.71. The van der Waals surface area contributed by atoms with Crippen LogP contribution >= 0.6 is 0 Å². The van der Waals surface area contributed by atoms with Gasteiger partial charge in [-0.3, -0.25) is 0 Å². The SMILES string of the molecule is CCCC(C)N(C)S(=O)(=O)c1cc(N)c(F)cc1C. The number of anilines is 1. The van der Waals surface area contributed by atoms with Crippen molar-refractivity contribution in [3.8, 4) is 0 Å². The summed E-state index contributed by atoms with van der Waals surface area (Å²) < 4.78 is 39.6. The lowest BCUT2D eigenvalue weighted by Crippen LogP contribution is -2.35. The first-order valence-corrected chi connectivity index (χ1v) is 7.69. The minimum Gasteiger partial charge on any atom is -0.396 e. The number of hydrogen-bond acceptors (Lipinski definition) is 3. The Morgan fingerprint density at radius 2 is 2.00 bits per heavy atom. The van der Waals surface area contributed by atoms with Gasteiger partial charge in [-0.2, -0.15) is 4.31 Å². The van der Waals surface area contributed by atoms with Gasteiger partial charge in [0.1, 0.15) is 5.82 Å². The largest absolute Gasteiger partial charge is 0.396 e. The lowest BCUT2D eigenvalue weighted by atomic mass is 10.2. The Bertz CT molecular complexity index is 558. The van der Waals surface area contributed by atoms with E-state index in [9.17, 15) is 12.8 Å². The van der Waals surface area contributed by atoms with Crippen LogP contribution in [0, 0.1) is 12.7 Å². The number of aryl methyl sites for hydroxylation is 1. The summed E-state index contributed by atoms with van der Waals surface area (Å²) in [5, 5.41) is 0. The van der Waals surface area contributed by atoms with Crippen LogP contribution in [0.5, 0.6) is 0 Å². The molecule has 0 spiro atoms. The molecule has 4 nitrogen and oxygen atoms in total. The molecule has 0 radical (unpaired) electrons. The fourth-order valence-corrected chi connectivity index (χ4v) is 3.57. The highest BCUT2D eigenvalue weighted by Gasteiger charge is 2.27. The molecule has 0 aliphatic heterocycles. The molecule has 0 fully saturated rings. The van der Waals surface area contributed by atoms with Crippen molar-refractivity contribution in [2.45, 2.75) is 44.6 Å². The number of rotatable bonds is 5. The van der Waals surface area contributed by atoms with Gasteiger partial charge in [-0.05, 0) is 38.0 Å². The van der Waals surface area contributed by atoms with Gasteiger partial charge in [0.15, 0.2) is 0 Å². The van der Waals surface area contributed by atoms with E-state index in [0.29, 0.717) is 5.56 Å². The van der Waals surface area contributed by atoms with Crippen LogP contribution in [0.4, 0.5) is 10.1 Å². The van der Waals surface area contributed by atoms with E-state index in [1.165, 1.54) is 17.4 Å². The minimum absolute atomic E-state index is 0.0665. The fraction of sp³-hybridized carbons (Fsp3) is 0.538. The number of nitrogens with zero attached hydrogens (tertiary/aromatic N) is 1. The van der Waals surface area contributed by atoms with E-state index in [2.05, 4.69) is 0 Å². The van der Waals surface area contributed by atoms with Gasteiger partial charge in [-0.25, -0.2) is 12.8 Å². The predicted octanol–water partition coefficient (Wildman–Crippen LogP) is 2.53. The van der Waals surface area contributed by atoms with Gasteiger partial charge in [0.05, 0.1) is 10.6 Å². The number of nitrogen functional groups attached to an aromatic ring is 1. The van der Waals surface area contributed by atoms with Crippen LogP contribution in [0.1, 0.15) is 32.3 Å². The van der Waals surface area contributed by atoms with Crippen LogP contribution in [0.15, 0.2) is 17.0 Å². The summed E-state index contributed by atoms with van der Waals surface area (Å²) in [6.45, 7) is 5.41. The second-order valence-corrected chi connectivity index (χ2v) is 6.76. The third-order valence-corrected chi connectivity index (χ3v) is 5.39. The van der Waals surface area contributed by atoms with Crippen LogP contribution in [-0.2, 0) is 10.0 Å². The molecule has 0 heterocycles. The first kappa shape index (κ1) is 15.9. The lowest BCUT2D eigenvalue weighted by Gasteiger charge is -2.25. The van der Waals surface area contributed by atoms with E-state index in [4.69, 9.17) is 5.73 Å². The van der Waals surface area contributed by atoms with Gasteiger partial charge in [0, 0.05) is 13.1 Å². The van der Waals surface area contributed by atoms with Gasteiger partial charge in [0.2, 0.25) is 10.0 Å². The zero-order valence-corrected chi connectivity index (χ0v) is 12.6. The molecule has 0 aliphatic rings. The minimum atomic E-state index is -3.64. The topological polar surface area (TPSA) is 63.4 Å².